The summed E-state index contributed by atoms with van der Waals surface area (Å²) in [5.74, 6) is 0.790. The number of rotatable bonds is 5. The molecule has 1 N–H and O–H groups in total. The predicted octanol–water partition coefficient (Wildman–Crippen LogP) is 4.94. The van der Waals surface area contributed by atoms with E-state index < -0.39 is 0 Å². The second-order valence-corrected chi connectivity index (χ2v) is 8.39. The number of anilines is 1. The van der Waals surface area contributed by atoms with E-state index in [0.29, 0.717) is 6.54 Å². The second-order valence-electron chi connectivity index (χ2n) is 7.26. The number of carbonyl (C=O) groups excluding carboxylic acids is 2. The Morgan fingerprint density at radius 2 is 1.76 bits per heavy atom. The van der Waals surface area contributed by atoms with E-state index >= 15 is 0 Å². The molecular weight excluding hydrogens is 380 g/mol. The van der Waals surface area contributed by atoms with Gasteiger partial charge in [-0.1, -0.05) is 48.5 Å². The van der Waals surface area contributed by atoms with E-state index in [1.165, 1.54) is 5.39 Å². The lowest BCUT2D eigenvalue weighted by molar-refractivity contribution is -0.125. The van der Waals surface area contributed by atoms with Crippen molar-refractivity contribution in [2.24, 2.45) is 0 Å². The second kappa shape index (κ2) is 8.70. The topological polar surface area (TPSA) is 49.4 Å². The molecule has 0 fully saturated rings. The van der Waals surface area contributed by atoms with Crippen molar-refractivity contribution in [1.82, 2.24) is 5.32 Å². The fourth-order valence-corrected chi connectivity index (χ4v) is 4.65. The highest BCUT2D eigenvalue weighted by Crippen LogP contribution is 2.34. The normalized spacial score (nSPS) is 14.3. The molecule has 4 rings (SSSR count). The molecule has 1 atom stereocenters. The molecule has 0 aromatic heterocycles. The van der Waals surface area contributed by atoms with Crippen LogP contribution < -0.4 is 10.2 Å². The van der Waals surface area contributed by atoms with E-state index in [1.807, 2.05) is 54.3 Å². The molecule has 0 bridgehead atoms. The SMILES string of the molecule is CC(NC(=O)CCC(=O)N1CCSc2ccccc21)c1ccc2ccccc2c1. The van der Waals surface area contributed by atoms with Gasteiger partial charge in [0.15, 0.2) is 0 Å². The lowest BCUT2D eigenvalue weighted by Crippen LogP contribution is -2.36. The zero-order valence-corrected chi connectivity index (χ0v) is 17.2. The Morgan fingerprint density at radius 1 is 1.00 bits per heavy atom. The van der Waals surface area contributed by atoms with Crippen molar-refractivity contribution in [2.45, 2.75) is 30.7 Å². The van der Waals surface area contributed by atoms with Gasteiger partial charge < -0.3 is 10.2 Å². The van der Waals surface area contributed by atoms with Crippen molar-refractivity contribution >= 4 is 40.0 Å². The molecule has 1 unspecified atom stereocenters. The van der Waals surface area contributed by atoms with Crippen LogP contribution in [-0.2, 0) is 9.59 Å². The van der Waals surface area contributed by atoms with Gasteiger partial charge in [-0.2, -0.15) is 0 Å². The average molecular weight is 405 g/mol. The van der Waals surface area contributed by atoms with Crippen LogP contribution in [0.2, 0.25) is 0 Å². The molecule has 1 heterocycles. The van der Waals surface area contributed by atoms with Crippen molar-refractivity contribution < 1.29 is 9.59 Å². The molecule has 0 saturated heterocycles. The highest BCUT2D eigenvalue weighted by Gasteiger charge is 2.23. The Morgan fingerprint density at radius 3 is 2.62 bits per heavy atom. The molecule has 3 aromatic carbocycles. The first-order valence-electron chi connectivity index (χ1n) is 9.92. The van der Waals surface area contributed by atoms with Crippen LogP contribution in [0.15, 0.2) is 71.6 Å². The van der Waals surface area contributed by atoms with E-state index in [4.69, 9.17) is 0 Å². The summed E-state index contributed by atoms with van der Waals surface area (Å²) in [5, 5.41) is 5.36. The van der Waals surface area contributed by atoms with Crippen LogP contribution in [-0.4, -0.2) is 24.1 Å². The molecular formula is C24H24N2O2S. The van der Waals surface area contributed by atoms with E-state index in [9.17, 15) is 9.59 Å². The van der Waals surface area contributed by atoms with Gasteiger partial charge in [-0.25, -0.2) is 0 Å². The Balaban J connectivity index is 1.34. The number of nitrogens with one attached hydrogen (secondary N) is 1. The fourth-order valence-electron chi connectivity index (χ4n) is 3.66. The van der Waals surface area contributed by atoms with Crippen molar-refractivity contribution in [3.05, 3.63) is 72.3 Å². The standard InChI is InChI=1S/C24H24N2O2S/c1-17(19-11-10-18-6-2-3-7-20(18)16-19)25-23(27)12-13-24(28)26-14-15-29-22-9-5-4-8-21(22)26/h2-11,16-17H,12-15H2,1H3,(H,25,27). The molecule has 0 saturated carbocycles. The first-order valence-corrected chi connectivity index (χ1v) is 10.9. The number of hydrogen-bond acceptors (Lipinski definition) is 3. The zero-order chi connectivity index (χ0) is 20.2. The summed E-state index contributed by atoms with van der Waals surface area (Å²) >= 11 is 1.77. The lowest BCUT2D eigenvalue weighted by Gasteiger charge is -2.29. The van der Waals surface area contributed by atoms with Gasteiger partial charge >= 0.3 is 0 Å². The highest BCUT2D eigenvalue weighted by atomic mass is 32.2. The summed E-state index contributed by atoms with van der Waals surface area (Å²) in [6.45, 7) is 2.66. The Kier molecular flexibility index (Phi) is 5.86. The molecule has 3 aromatic rings. The number of thioether (sulfide) groups is 1. The van der Waals surface area contributed by atoms with Crippen molar-refractivity contribution in [3.8, 4) is 0 Å². The van der Waals surface area contributed by atoms with E-state index in [2.05, 4.69) is 29.6 Å². The van der Waals surface area contributed by atoms with E-state index in [0.717, 1.165) is 27.3 Å². The number of benzene rings is 3. The Labute approximate surface area is 175 Å². The maximum Gasteiger partial charge on any atom is 0.227 e. The summed E-state index contributed by atoms with van der Waals surface area (Å²) in [5.41, 5.74) is 2.02. The number of fused-ring (bicyclic) bond motifs is 2. The van der Waals surface area contributed by atoms with Crippen LogP contribution in [0.3, 0.4) is 0 Å². The largest absolute Gasteiger partial charge is 0.350 e. The number of amides is 2. The third-order valence-corrected chi connectivity index (χ3v) is 6.29. The molecule has 0 spiro atoms. The molecule has 5 heteroatoms. The number of nitrogens with zero attached hydrogens (tertiary/aromatic N) is 1. The predicted molar refractivity (Wildman–Crippen MR) is 119 cm³/mol. The van der Waals surface area contributed by atoms with Crippen LogP contribution in [0.5, 0.6) is 0 Å². The van der Waals surface area contributed by atoms with Gasteiger partial charge in [-0.15, -0.1) is 11.8 Å². The molecule has 148 valence electrons. The molecule has 0 radical (unpaired) electrons. The summed E-state index contributed by atoms with van der Waals surface area (Å²) in [7, 11) is 0. The van der Waals surface area contributed by atoms with E-state index in [1.54, 1.807) is 11.8 Å². The summed E-state index contributed by atoms with van der Waals surface area (Å²) < 4.78 is 0. The molecule has 2 amide bonds. The van der Waals surface area contributed by atoms with Crippen molar-refractivity contribution in [1.29, 1.82) is 0 Å². The van der Waals surface area contributed by atoms with Crippen LogP contribution in [0.1, 0.15) is 31.4 Å². The minimum absolute atomic E-state index is 0.00579. The molecule has 4 nitrogen and oxygen atoms in total. The Bertz CT molecular complexity index is 1050. The molecule has 1 aliphatic rings. The monoisotopic (exact) mass is 404 g/mol. The Hall–Kier alpha value is -2.79. The third kappa shape index (κ3) is 4.46. The van der Waals surface area contributed by atoms with Gasteiger partial charge in [0.25, 0.3) is 0 Å². The van der Waals surface area contributed by atoms with Crippen LogP contribution in [0.25, 0.3) is 10.8 Å². The average Bonchev–Trinajstić information content (AvgIpc) is 2.76. The van der Waals surface area contributed by atoms with Gasteiger partial charge in [0.2, 0.25) is 11.8 Å². The van der Waals surface area contributed by atoms with Gasteiger partial charge in [0.05, 0.1) is 11.7 Å². The van der Waals surface area contributed by atoms with Gasteiger partial charge in [-0.05, 0) is 41.5 Å². The highest BCUT2D eigenvalue weighted by molar-refractivity contribution is 7.99. The molecule has 1 aliphatic heterocycles. The summed E-state index contributed by atoms with van der Waals surface area (Å²) in [6, 6.07) is 22.2. The maximum atomic E-state index is 12.7. The van der Waals surface area contributed by atoms with Gasteiger partial charge in [0.1, 0.15) is 0 Å². The minimum Gasteiger partial charge on any atom is -0.350 e. The first-order chi connectivity index (χ1) is 14.1. The third-order valence-electron chi connectivity index (χ3n) is 5.25. The summed E-state index contributed by atoms with van der Waals surface area (Å²) in [4.78, 5) is 28.1. The van der Waals surface area contributed by atoms with Crippen LogP contribution in [0, 0.1) is 0 Å². The van der Waals surface area contributed by atoms with Gasteiger partial charge in [-0.3, -0.25) is 9.59 Å². The fraction of sp³-hybridized carbons (Fsp3) is 0.250. The molecule has 29 heavy (non-hydrogen) atoms. The summed E-state index contributed by atoms with van der Waals surface area (Å²) in [6.07, 6.45) is 0.415. The number of para-hydroxylation sites is 1. The molecule has 0 aliphatic carbocycles. The van der Waals surface area contributed by atoms with Crippen molar-refractivity contribution in [3.63, 3.8) is 0 Å². The minimum atomic E-state index is -0.102. The maximum absolute atomic E-state index is 12.7. The van der Waals surface area contributed by atoms with Crippen LogP contribution >= 0.6 is 11.8 Å². The first kappa shape index (κ1) is 19.5. The van der Waals surface area contributed by atoms with Crippen molar-refractivity contribution in [2.75, 3.05) is 17.2 Å². The number of hydrogen-bond donors (Lipinski definition) is 1. The number of carbonyl (C=O) groups is 2. The van der Waals surface area contributed by atoms with Crippen LogP contribution in [0.4, 0.5) is 5.69 Å². The van der Waals surface area contributed by atoms with Gasteiger partial charge in [0, 0.05) is 30.0 Å². The smallest absolute Gasteiger partial charge is 0.227 e. The quantitative estimate of drug-likeness (QED) is 0.656. The zero-order valence-electron chi connectivity index (χ0n) is 16.4. The van der Waals surface area contributed by atoms with E-state index in [-0.39, 0.29) is 30.7 Å². The lowest BCUT2D eigenvalue weighted by atomic mass is 10.0.